The minimum absolute atomic E-state index is 0.796. The van der Waals surface area contributed by atoms with Crippen molar-refractivity contribution in [3.05, 3.63) is 0 Å². The van der Waals surface area contributed by atoms with Gasteiger partial charge in [0.15, 0.2) is 56.4 Å². The lowest BCUT2D eigenvalue weighted by Crippen LogP contribution is -2.67. The van der Waals surface area contributed by atoms with Gasteiger partial charge in [-0.3, -0.25) is 14.4 Å². The van der Waals surface area contributed by atoms with Gasteiger partial charge in [-0.15, -0.1) is 0 Å². The zero-order valence-electron chi connectivity index (χ0n) is 53.9. The van der Waals surface area contributed by atoms with Gasteiger partial charge in [0.1, 0.15) is 202 Å². The van der Waals surface area contributed by atoms with Crippen molar-refractivity contribution in [2.24, 2.45) is 0 Å². The zero-order chi connectivity index (χ0) is 75.4. The number of carbonyl (C=O) groups excluding carboxylic acids is 5. The van der Waals surface area contributed by atoms with Gasteiger partial charge in [0.25, 0.3) is 0 Å². The molecule has 0 saturated carbocycles. The van der Waals surface area contributed by atoms with E-state index in [0.717, 1.165) is 20.8 Å². The van der Waals surface area contributed by atoms with Crippen molar-refractivity contribution in [1.29, 1.82) is 0 Å². The Hall–Kier alpha value is -3.77. The third-order valence-electron chi connectivity index (χ3n) is 17.9. The second-order valence-corrected chi connectivity index (χ2v) is 25.0. The fraction of sp³-hybridized carbons (Fsp3) is 0.911. The van der Waals surface area contributed by atoms with Crippen molar-refractivity contribution < 1.29 is 227 Å². The molecule has 8 aliphatic heterocycles. The predicted octanol–water partition coefficient (Wildman–Crippen LogP) is -17.6. The van der Waals surface area contributed by atoms with E-state index in [1.165, 1.54) is 0 Å². The minimum atomic E-state index is -2.31. The third kappa shape index (κ3) is 18.7. The van der Waals surface area contributed by atoms with Crippen molar-refractivity contribution >= 4 is 29.5 Å². The summed E-state index contributed by atoms with van der Waals surface area (Å²) in [4.78, 5) is 59.5. The number of rotatable bonds is 27. The molecule has 8 aliphatic rings. The van der Waals surface area contributed by atoms with Gasteiger partial charge in [0.2, 0.25) is 11.6 Å². The van der Waals surface area contributed by atoms with E-state index in [0.29, 0.717) is 0 Å². The van der Waals surface area contributed by atoms with Gasteiger partial charge >= 0.3 is 17.9 Å². The Bertz CT molecular complexity index is 2700. The number of Topliss-reactive ketones (excluding diaryl/α,β-unsaturated/α-hetero) is 2. The van der Waals surface area contributed by atoms with Gasteiger partial charge in [-0.1, -0.05) is 0 Å². The largest absolute Gasteiger partial charge is 0.463 e. The summed E-state index contributed by atoms with van der Waals surface area (Å²) in [7, 11) is 0. The van der Waals surface area contributed by atoms with E-state index in [4.69, 9.17) is 85.3 Å². The van der Waals surface area contributed by atoms with Crippen LogP contribution in [0.2, 0.25) is 0 Å². The number of hydrogen-bond acceptors (Lipinski definition) is 46. The lowest BCUT2D eigenvalue weighted by molar-refractivity contribution is -0.389. The number of carbonyl (C=O) groups is 5. The summed E-state index contributed by atoms with van der Waals surface area (Å²) < 4.78 is 98.9. The third-order valence-corrected chi connectivity index (χ3v) is 17.9. The maximum Gasteiger partial charge on any atom is 0.374 e. The fourth-order valence-corrected chi connectivity index (χ4v) is 12.0. The zero-order valence-corrected chi connectivity index (χ0v) is 53.9. The van der Waals surface area contributed by atoms with Crippen LogP contribution in [-0.2, 0) is 109 Å². The van der Waals surface area contributed by atoms with E-state index in [2.05, 4.69) is 0 Å². The minimum Gasteiger partial charge on any atom is -0.463 e. The maximum atomic E-state index is 12.2. The van der Waals surface area contributed by atoms with Crippen LogP contribution in [0, 0.1) is 0 Å². The molecule has 588 valence electrons. The lowest BCUT2D eigenvalue weighted by Gasteiger charge is -2.49. The molecular weight excluding hydrogens is 1410 g/mol. The molecule has 8 heterocycles. The summed E-state index contributed by atoms with van der Waals surface area (Å²) >= 11 is 0. The first kappa shape index (κ1) is 83.9. The van der Waals surface area contributed by atoms with Gasteiger partial charge in [-0.2, -0.15) is 0 Å². The number of ketones is 2. The molecule has 0 radical (unpaired) electrons. The Kier molecular flexibility index (Phi) is 29.9. The molecule has 0 unspecified atom stereocenters. The topological polar surface area (TPSA) is 717 Å². The number of esters is 3. The molecule has 0 aromatic carbocycles. The van der Waals surface area contributed by atoms with Crippen LogP contribution in [0.25, 0.3) is 0 Å². The second-order valence-electron chi connectivity index (χ2n) is 25.0. The molecule has 0 bridgehead atoms. The average Bonchev–Trinajstić information content (AvgIpc) is 0.776. The molecule has 102 heavy (non-hydrogen) atoms. The number of hydrogen-bond donors (Lipinski definition) is 23. The van der Waals surface area contributed by atoms with Gasteiger partial charge < -0.3 is 203 Å². The van der Waals surface area contributed by atoms with Gasteiger partial charge in [-0.05, 0) is 0 Å². The van der Waals surface area contributed by atoms with Crippen molar-refractivity contribution in [3.8, 4) is 0 Å². The standard InChI is InChI=1S/C56H88O46/c1-12(61)47(82)86-11-22-43(97-48(83)13(2)62)31(72)37(78)55(96-22)98-42-18(7-60)92-54(36(77)30(42)71)102-46-26(67)16(5-58)90-51(40(46)81)88-8-19-23(64)27(68)33(74)50(93-19)87-9-20-24(65)28(69)34(75)52(94-20)100-44-21(10-85-14(3)63)95-56(38(79)32(44)73)99-41-17(6-59)91-53(35(76)29(41)70)101-45-25(66)15(4-57)89-49(84)39(45)80/h15-46,49-60,64-81,84H,4-11H2,1-3H3/t15-,16-,17-,18-,19-,20-,21-,22-,23-,24-,25+,26-,27+,28+,29-,30-,31-,32-,33-,34-,35-,36-,37-,38-,39-,40-,41-,42-,43-,44-,45+,46+,49-,50-,51-,52+,53+,54+,55+,56+/m1/s1. The molecule has 0 aliphatic carbocycles. The van der Waals surface area contributed by atoms with E-state index in [1.54, 1.807) is 0 Å². The summed E-state index contributed by atoms with van der Waals surface area (Å²) in [6.07, 6.45) is -81.7. The van der Waals surface area contributed by atoms with E-state index in [-0.39, 0.29) is 0 Å². The summed E-state index contributed by atoms with van der Waals surface area (Å²) in [5, 5.41) is 251. The van der Waals surface area contributed by atoms with E-state index >= 15 is 0 Å². The second kappa shape index (κ2) is 36.4. The Morgan fingerprint density at radius 3 is 0.980 bits per heavy atom. The Balaban J connectivity index is 0.879. The molecule has 0 amide bonds. The Morgan fingerprint density at radius 2 is 0.569 bits per heavy atom. The van der Waals surface area contributed by atoms with Crippen LogP contribution in [0.15, 0.2) is 0 Å². The SMILES string of the molecule is CC(=O)OC[C@H]1O[C@@H](O[C@H]2[C@H](O)[C@@H](O)[C@H](O[C@@H]3[C@@H](O)[C@H](O)O[C@H](CO)[C@@H]3O)O[C@@H]2CO)[C@H](O)[C@@H](O)[C@@H]1O[C@@H]1O[C@H](CO[C@@H]2O[C@H](CO[C@@H]3O[C@H](CO)[C@@H](O)[C@H](O[C@@H]4O[C@H](CO)[C@@H](O[C@@H]5O[C@H](COC(=O)C(C)=O)[C@@H](OC(=O)C(C)=O)[C@H](O)[C@H]5O)[C@H](O)[C@H]4O)[C@H]3O)[C@@H](O)[C@H](O)[C@H]2O)[C@@H](O)[C@H](O)[C@H]1O. The summed E-state index contributed by atoms with van der Waals surface area (Å²) in [5.74, 6) is -6.20. The Labute approximate surface area is 574 Å². The van der Waals surface area contributed by atoms with Crippen LogP contribution in [-0.4, -0.2) is 445 Å². The first-order valence-electron chi connectivity index (χ1n) is 31.7. The monoisotopic (exact) mass is 1500 g/mol. The van der Waals surface area contributed by atoms with E-state index < -0.39 is 328 Å². The molecule has 0 aromatic heterocycles. The van der Waals surface area contributed by atoms with Crippen LogP contribution >= 0.6 is 0 Å². The van der Waals surface area contributed by atoms with Crippen molar-refractivity contribution in [3.63, 3.8) is 0 Å². The summed E-state index contributed by atoms with van der Waals surface area (Å²) in [6, 6.07) is 0. The number of aliphatic hydroxyl groups excluding tert-OH is 23. The van der Waals surface area contributed by atoms with E-state index in [9.17, 15) is 141 Å². The van der Waals surface area contributed by atoms with Crippen molar-refractivity contribution in [2.75, 3.05) is 52.9 Å². The van der Waals surface area contributed by atoms with Crippen LogP contribution in [0.5, 0.6) is 0 Å². The first-order valence-corrected chi connectivity index (χ1v) is 31.7. The molecule has 46 nitrogen and oxygen atoms in total. The van der Waals surface area contributed by atoms with Gasteiger partial charge in [0.05, 0.1) is 39.6 Å². The summed E-state index contributed by atoms with van der Waals surface area (Å²) in [5.41, 5.74) is 0. The van der Waals surface area contributed by atoms with Gasteiger partial charge in [-0.25, -0.2) is 9.59 Å². The molecular formula is C56H88O46. The molecule has 23 N–H and O–H groups in total. The average molecular weight is 1500 g/mol. The molecule has 8 saturated heterocycles. The van der Waals surface area contributed by atoms with Crippen LogP contribution in [0.4, 0.5) is 0 Å². The smallest absolute Gasteiger partial charge is 0.374 e. The normalized spacial score (nSPS) is 48.0. The van der Waals surface area contributed by atoms with E-state index in [1.807, 2.05) is 0 Å². The van der Waals surface area contributed by atoms with Crippen LogP contribution < -0.4 is 0 Å². The predicted molar refractivity (Wildman–Crippen MR) is 303 cm³/mol. The van der Waals surface area contributed by atoms with Gasteiger partial charge in [0, 0.05) is 20.8 Å². The molecule has 46 heteroatoms. The number of aliphatic hydroxyl groups is 23. The van der Waals surface area contributed by atoms with Crippen molar-refractivity contribution in [2.45, 2.75) is 266 Å². The maximum absolute atomic E-state index is 12.2. The molecule has 8 fully saturated rings. The van der Waals surface area contributed by atoms with Crippen molar-refractivity contribution in [1.82, 2.24) is 0 Å². The van der Waals surface area contributed by atoms with Crippen LogP contribution in [0.1, 0.15) is 20.8 Å². The summed E-state index contributed by atoms with van der Waals surface area (Å²) in [6.45, 7) is -5.33. The molecule has 0 aromatic rings. The quantitative estimate of drug-likeness (QED) is 0.0206. The fourth-order valence-electron chi connectivity index (χ4n) is 12.0. The molecule has 8 rings (SSSR count). The highest BCUT2D eigenvalue weighted by atomic mass is 16.8. The highest BCUT2D eigenvalue weighted by Crippen LogP contribution is 2.38. The highest BCUT2D eigenvalue weighted by Gasteiger charge is 2.59. The first-order chi connectivity index (χ1) is 48.1. The number of ether oxygens (including phenoxy) is 18. The Morgan fingerprint density at radius 1 is 0.265 bits per heavy atom. The molecule has 0 spiro atoms. The van der Waals surface area contributed by atoms with Crippen LogP contribution in [0.3, 0.4) is 0 Å². The highest BCUT2D eigenvalue weighted by molar-refractivity contribution is 6.33. The lowest BCUT2D eigenvalue weighted by atomic mass is 9.95. The molecule has 40 atom stereocenters.